The standard InChI is InChI=1S/C8H15NO3/c1-4-5-9(3)8(2,6-10)7(11)12/h4,10H,1,5-6H2,2-3H3,(H,11,12)/t8-/m0/s1. The van der Waals surface area contributed by atoms with E-state index in [1.807, 2.05) is 0 Å². The summed E-state index contributed by atoms with van der Waals surface area (Å²) in [7, 11) is 1.63. The maximum atomic E-state index is 10.7. The van der Waals surface area contributed by atoms with Gasteiger partial charge in [0.05, 0.1) is 6.61 Å². The minimum atomic E-state index is -1.21. The monoisotopic (exact) mass is 173 g/mol. The Morgan fingerprint density at radius 1 is 1.75 bits per heavy atom. The summed E-state index contributed by atoms with van der Waals surface area (Å²) >= 11 is 0. The van der Waals surface area contributed by atoms with Gasteiger partial charge in [-0.05, 0) is 14.0 Å². The van der Waals surface area contributed by atoms with Crippen LogP contribution in [0.2, 0.25) is 0 Å². The summed E-state index contributed by atoms with van der Waals surface area (Å²) < 4.78 is 0. The zero-order valence-electron chi connectivity index (χ0n) is 7.45. The molecule has 70 valence electrons. The van der Waals surface area contributed by atoms with Crippen molar-refractivity contribution in [1.29, 1.82) is 0 Å². The van der Waals surface area contributed by atoms with Crippen molar-refractivity contribution in [1.82, 2.24) is 4.90 Å². The number of nitrogens with zero attached hydrogens (tertiary/aromatic N) is 1. The molecule has 4 nitrogen and oxygen atoms in total. The van der Waals surface area contributed by atoms with Crippen molar-refractivity contribution in [3.63, 3.8) is 0 Å². The highest BCUT2D eigenvalue weighted by Gasteiger charge is 2.36. The Labute approximate surface area is 72.1 Å². The molecule has 0 aromatic heterocycles. The molecule has 2 N–H and O–H groups in total. The highest BCUT2D eigenvalue weighted by molar-refractivity contribution is 5.78. The average molecular weight is 173 g/mol. The summed E-state index contributed by atoms with van der Waals surface area (Å²) in [6.45, 7) is 4.99. The zero-order chi connectivity index (χ0) is 9.78. The summed E-state index contributed by atoms with van der Waals surface area (Å²) in [5.41, 5.74) is -1.21. The molecule has 0 aromatic rings. The predicted octanol–water partition coefficient (Wildman–Crippen LogP) is -0.0602. The molecule has 0 heterocycles. The first-order chi connectivity index (χ1) is 5.49. The van der Waals surface area contributed by atoms with Crippen LogP contribution in [-0.4, -0.2) is 46.8 Å². The number of rotatable bonds is 5. The Morgan fingerprint density at radius 2 is 2.25 bits per heavy atom. The number of carboxylic acid groups (broad SMARTS) is 1. The maximum Gasteiger partial charge on any atom is 0.326 e. The molecule has 4 heteroatoms. The first-order valence-corrected chi connectivity index (χ1v) is 3.65. The third kappa shape index (κ3) is 2.06. The van der Waals surface area contributed by atoms with Crippen molar-refractivity contribution < 1.29 is 15.0 Å². The fourth-order valence-corrected chi connectivity index (χ4v) is 0.747. The van der Waals surface area contributed by atoms with Crippen LogP contribution in [0.15, 0.2) is 12.7 Å². The number of carbonyl (C=O) groups is 1. The number of hydrogen-bond donors (Lipinski definition) is 2. The van der Waals surface area contributed by atoms with Crippen LogP contribution in [0.5, 0.6) is 0 Å². The fraction of sp³-hybridized carbons (Fsp3) is 0.625. The summed E-state index contributed by atoms with van der Waals surface area (Å²) in [4.78, 5) is 12.3. The number of aliphatic hydroxyl groups excluding tert-OH is 1. The van der Waals surface area contributed by atoms with E-state index < -0.39 is 18.1 Å². The molecule has 0 saturated heterocycles. The maximum absolute atomic E-state index is 10.7. The second-order valence-corrected chi connectivity index (χ2v) is 2.91. The van der Waals surface area contributed by atoms with Crippen molar-refractivity contribution >= 4 is 5.97 Å². The van der Waals surface area contributed by atoms with Gasteiger partial charge in [-0.25, -0.2) is 0 Å². The van der Waals surface area contributed by atoms with Crippen LogP contribution in [0, 0.1) is 0 Å². The lowest BCUT2D eigenvalue weighted by molar-refractivity contribution is -0.151. The van der Waals surface area contributed by atoms with Crippen LogP contribution in [0.1, 0.15) is 6.92 Å². The van der Waals surface area contributed by atoms with E-state index in [2.05, 4.69) is 6.58 Å². The largest absolute Gasteiger partial charge is 0.480 e. The van der Waals surface area contributed by atoms with Gasteiger partial charge in [-0.1, -0.05) is 6.08 Å². The van der Waals surface area contributed by atoms with Gasteiger partial charge in [0.15, 0.2) is 0 Å². The molecule has 0 fully saturated rings. The first-order valence-electron chi connectivity index (χ1n) is 3.65. The van der Waals surface area contributed by atoms with Crippen LogP contribution in [0.4, 0.5) is 0 Å². The highest BCUT2D eigenvalue weighted by atomic mass is 16.4. The smallest absolute Gasteiger partial charge is 0.326 e. The average Bonchev–Trinajstić information content (AvgIpc) is 2.03. The quantitative estimate of drug-likeness (QED) is 0.572. The number of carboxylic acids is 1. The van der Waals surface area contributed by atoms with E-state index in [9.17, 15) is 4.79 Å². The normalized spacial score (nSPS) is 15.7. The Kier molecular flexibility index (Phi) is 3.92. The second kappa shape index (κ2) is 4.23. The lowest BCUT2D eigenvalue weighted by atomic mass is 10.0. The Bertz CT molecular complexity index is 181. The summed E-state index contributed by atoms with van der Waals surface area (Å²) in [5, 5.41) is 17.7. The number of aliphatic carboxylic acids is 1. The van der Waals surface area contributed by atoms with Gasteiger partial charge in [-0.3, -0.25) is 9.69 Å². The molecule has 0 amide bonds. The third-order valence-electron chi connectivity index (χ3n) is 2.01. The van der Waals surface area contributed by atoms with Crippen molar-refractivity contribution in [2.45, 2.75) is 12.5 Å². The van der Waals surface area contributed by atoms with E-state index in [0.29, 0.717) is 6.54 Å². The molecule has 0 bridgehead atoms. The van der Waals surface area contributed by atoms with Crippen LogP contribution < -0.4 is 0 Å². The van der Waals surface area contributed by atoms with Gasteiger partial charge in [0.25, 0.3) is 0 Å². The van der Waals surface area contributed by atoms with E-state index in [1.165, 1.54) is 11.8 Å². The number of likely N-dealkylation sites (N-methyl/N-ethyl adjacent to an activating group) is 1. The second-order valence-electron chi connectivity index (χ2n) is 2.91. The van der Waals surface area contributed by atoms with E-state index in [1.54, 1.807) is 13.1 Å². The van der Waals surface area contributed by atoms with Gasteiger partial charge in [0, 0.05) is 6.54 Å². The summed E-state index contributed by atoms with van der Waals surface area (Å²) in [6, 6.07) is 0. The summed E-state index contributed by atoms with van der Waals surface area (Å²) in [5.74, 6) is -1.03. The topological polar surface area (TPSA) is 60.8 Å². The Morgan fingerprint density at radius 3 is 2.50 bits per heavy atom. The molecule has 0 spiro atoms. The van der Waals surface area contributed by atoms with Crippen LogP contribution in [-0.2, 0) is 4.79 Å². The molecule has 12 heavy (non-hydrogen) atoms. The molecule has 0 unspecified atom stereocenters. The van der Waals surface area contributed by atoms with Crippen LogP contribution in [0.25, 0.3) is 0 Å². The number of aliphatic hydroxyl groups is 1. The van der Waals surface area contributed by atoms with Gasteiger partial charge in [-0.2, -0.15) is 0 Å². The van der Waals surface area contributed by atoms with Crippen molar-refractivity contribution in [2.24, 2.45) is 0 Å². The summed E-state index contributed by atoms with van der Waals surface area (Å²) in [6.07, 6.45) is 1.59. The first kappa shape index (κ1) is 11.1. The molecule has 0 aromatic carbocycles. The van der Waals surface area contributed by atoms with Crippen molar-refractivity contribution in [3.8, 4) is 0 Å². The third-order valence-corrected chi connectivity index (χ3v) is 2.01. The Hall–Kier alpha value is -0.870. The van der Waals surface area contributed by atoms with Crippen LogP contribution in [0.3, 0.4) is 0 Å². The van der Waals surface area contributed by atoms with Gasteiger partial charge >= 0.3 is 5.97 Å². The van der Waals surface area contributed by atoms with Gasteiger partial charge in [-0.15, -0.1) is 6.58 Å². The van der Waals surface area contributed by atoms with E-state index in [0.717, 1.165) is 0 Å². The molecule has 0 radical (unpaired) electrons. The van der Waals surface area contributed by atoms with E-state index in [-0.39, 0.29) is 0 Å². The number of hydrogen-bond acceptors (Lipinski definition) is 3. The highest BCUT2D eigenvalue weighted by Crippen LogP contribution is 2.11. The van der Waals surface area contributed by atoms with Gasteiger partial charge < -0.3 is 10.2 Å². The minimum Gasteiger partial charge on any atom is -0.480 e. The molecular formula is C8H15NO3. The van der Waals surface area contributed by atoms with Crippen molar-refractivity contribution in [2.75, 3.05) is 20.2 Å². The Balaban J connectivity index is 4.50. The molecule has 1 atom stereocenters. The van der Waals surface area contributed by atoms with E-state index >= 15 is 0 Å². The van der Waals surface area contributed by atoms with Crippen LogP contribution >= 0.6 is 0 Å². The molecule has 0 aliphatic heterocycles. The molecule has 0 saturated carbocycles. The van der Waals surface area contributed by atoms with Gasteiger partial charge in [0.1, 0.15) is 5.54 Å². The molecule has 0 rings (SSSR count). The molecule has 0 aliphatic carbocycles. The lowest BCUT2D eigenvalue weighted by Crippen LogP contribution is -2.53. The van der Waals surface area contributed by atoms with E-state index in [4.69, 9.17) is 10.2 Å². The van der Waals surface area contributed by atoms with Crippen molar-refractivity contribution in [3.05, 3.63) is 12.7 Å². The minimum absolute atomic E-state index is 0.410. The SMILES string of the molecule is C=CCN(C)[C@@](C)(CO)C(=O)O. The molecule has 0 aliphatic rings. The zero-order valence-corrected chi connectivity index (χ0v) is 7.45. The lowest BCUT2D eigenvalue weighted by Gasteiger charge is -2.32. The molecular weight excluding hydrogens is 158 g/mol. The fourth-order valence-electron chi connectivity index (χ4n) is 0.747. The predicted molar refractivity (Wildman–Crippen MR) is 46.0 cm³/mol. The van der Waals surface area contributed by atoms with Gasteiger partial charge in [0.2, 0.25) is 0 Å².